The molecule has 0 radical (unpaired) electrons. The maximum absolute atomic E-state index is 12.5. The van der Waals surface area contributed by atoms with Crippen LogP contribution in [0.1, 0.15) is 42.1 Å². The van der Waals surface area contributed by atoms with E-state index in [1.807, 2.05) is 80.7 Å². The summed E-state index contributed by atoms with van der Waals surface area (Å²) in [5.41, 5.74) is 5.31. The highest BCUT2D eigenvalue weighted by atomic mass is 16.5. The molecule has 1 aromatic heterocycles. The van der Waals surface area contributed by atoms with Crippen molar-refractivity contribution in [1.82, 2.24) is 10.3 Å². The molecule has 0 aliphatic rings. The number of aromatic nitrogens is 1. The molecule has 5 nitrogen and oxygen atoms in total. The second-order valence-corrected chi connectivity index (χ2v) is 8.51. The van der Waals surface area contributed by atoms with Crippen molar-refractivity contribution in [3.8, 4) is 11.5 Å². The summed E-state index contributed by atoms with van der Waals surface area (Å²) >= 11 is 0. The molecule has 0 spiro atoms. The molecule has 3 rings (SSSR count). The van der Waals surface area contributed by atoms with Gasteiger partial charge in [0.25, 0.3) is 0 Å². The van der Waals surface area contributed by atoms with Crippen LogP contribution in [-0.4, -0.2) is 31.2 Å². The number of methoxy groups -OCH3 is 2. The molecule has 0 unspecified atom stereocenters. The Kier molecular flexibility index (Phi) is 9.67. The third kappa shape index (κ3) is 8.14. The number of carbonyl (C=O) groups excluding carboxylic acids is 1. The van der Waals surface area contributed by atoms with E-state index < -0.39 is 0 Å². The number of benzene rings is 2. The standard InChI is InChI=1S/C30H34N2O3/c1-22-11-12-24(21-31-22)8-5-7-23(2)32-30(33)10-6-9-29(25-13-17-27(34-3)18-14-25)26-15-19-28(35-4)20-16-26/h6,9-21,23H,5,7-8H2,1-4H3,(H,32,33)/b10-6+/t23-/m1/s1. The van der Waals surface area contributed by atoms with Crippen LogP contribution in [0.3, 0.4) is 0 Å². The van der Waals surface area contributed by atoms with Crippen molar-refractivity contribution >= 4 is 11.5 Å². The maximum atomic E-state index is 12.5. The molecular formula is C30H34N2O3. The number of hydrogen-bond donors (Lipinski definition) is 1. The third-order valence-electron chi connectivity index (χ3n) is 5.78. The largest absolute Gasteiger partial charge is 0.497 e. The molecule has 182 valence electrons. The van der Waals surface area contributed by atoms with E-state index in [1.54, 1.807) is 26.4 Å². The van der Waals surface area contributed by atoms with Crippen molar-refractivity contribution in [2.75, 3.05) is 14.2 Å². The van der Waals surface area contributed by atoms with Gasteiger partial charge >= 0.3 is 0 Å². The Labute approximate surface area is 208 Å². The summed E-state index contributed by atoms with van der Waals surface area (Å²) in [6.45, 7) is 4.02. The highest BCUT2D eigenvalue weighted by Gasteiger charge is 2.07. The van der Waals surface area contributed by atoms with Crippen LogP contribution in [0.25, 0.3) is 5.57 Å². The highest BCUT2D eigenvalue weighted by molar-refractivity contribution is 5.89. The number of amides is 1. The Bertz CT molecular complexity index is 1080. The number of aryl methyl sites for hydroxylation is 2. The molecule has 0 fully saturated rings. The van der Waals surface area contributed by atoms with Gasteiger partial charge in [-0.05, 0) is 85.7 Å². The summed E-state index contributed by atoms with van der Waals surface area (Å²) < 4.78 is 10.6. The second-order valence-electron chi connectivity index (χ2n) is 8.51. The first-order valence-corrected chi connectivity index (χ1v) is 11.9. The van der Waals surface area contributed by atoms with Crippen LogP contribution < -0.4 is 14.8 Å². The van der Waals surface area contributed by atoms with Gasteiger partial charge in [-0.15, -0.1) is 0 Å². The first-order chi connectivity index (χ1) is 17.0. The summed E-state index contributed by atoms with van der Waals surface area (Å²) in [7, 11) is 3.30. The van der Waals surface area contributed by atoms with Crippen molar-refractivity contribution in [3.63, 3.8) is 0 Å². The average molecular weight is 471 g/mol. The molecule has 0 aliphatic heterocycles. The van der Waals surface area contributed by atoms with Crippen molar-refractivity contribution in [3.05, 3.63) is 107 Å². The van der Waals surface area contributed by atoms with Crippen LogP contribution in [0, 0.1) is 6.92 Å². The van der Waals surface area contributed by atoms with E-state index in [9.17, 15) is 4.79 Å². The molecule has 0 saturated carbocycles. The average Bonchev–Trinajstić information content (AvgIpc) is 2.88. The van der Waals surface area contributed by atoms with Gasteiger partial charge in [0, 0.05) is 24.0 Å². The van der Waals surface area contributed by atoms with Gasteiger partial charge in [-0.25, -0.2) is 0 Å². The number of nitrogens with one attached hydrogen (secondary N) is 1. The Balaban J connectivity index is 1.62. The van der Waals surface area contributed by atoms with Gasteiger partial charge in [0.05, 0.1) is 14.2 Å². The van der Waals surface area contributed by atoms with Crippen molar-refractivity contribution in [2.24, 2.45) is 0 Å². The zero-order valence-corrected chi connectivity index (χ0v) is 21.0. The molecule has 3 aromatic rings. The predicted molar refractivity (Wildman–Crippen MR) is 142 cm³/mol. The summed E-state index contributed by atoms with van der Waals surface area (Å²) in [4.78, 5) is 16.8. The van der Waals surface area contributed by atoms with E-state index in [4.69, 9.17) is 9.47 Å². The lowest BCUT2D eigenvalue weighted by Gasteiger charge is -2.12. The minimum absolute atomic E-state index is 0.0946. The molecule has 1 heterocycles. The van der Waals surface area contributed by atoms with E-state index in [2.05, 4.69) is 16.4 Å². The summed E-state index contributed by atoms with van der Waals surface area (Å²) in [5, 5.41) is 3.06. The number of ether oxygens (including phenoxy) is 2. The number of nitrogens with zero attached hydrogens (tertiary/aromatic N) is 1. The normalized spacial score (nSPS) is 11.7. The quantitative estimate of drug-likeness (QED) is 0.279. The Hall–Kier alpha value is -3.86. The van der Waals surface area contributed by atoms with Crippen LogP contribution >= 0.6 is 0 Å². The topological polar surface area (TPSA) is 60.5 Å². The molecule has 2 aromatic carbocycles. The lowest BCUT2D eigenvalue weighted by molar-refractivity contribution is -0.117. The number of rotatable bonds is 11. The van der Waals surface area contributed by atoms with Gasteiger partial charge in [-0.3, -0.25) is 9.78 Å². The van der Waals surface area contributed by atoms with Gasteiger partial charge < -0.3 is 14.8 Å². The van der Waals surface area contributed by atoms with E-state index in [0.717, 1.165) is 53.2 Å². The van der Waals surface area contributed by atoms with Crippen LogP contribution in [0.15, 0.2) is 85.1 Å². The molecule has 1 N–H and O–H groups in total. The van der Waals surface area contributed by atoms with E-state index in [-0.39, 0.29) is 11.9 Å². The van der Waals surface area contributed by atoms with E-state index in [1.165, 1.54) is 5.56 Å². The fraction of sp³-hybridized carbons (Fsp3) is 0.267. The smallest absolute Gasteiger partial charge is 0.244 e. The Morgan fingerprint density at radius 1 is 0.943 bits per heavy atom. The Morgan fingerprint density at radius 2 is 1.54 bits per heavy atom. The lowest BCUT2D eigenvalue weighted by Crippen LogP contribution is -2.31. The summed E-state index contributed by atoms with van der Waals surface area (Å²) in [5.74, 6) is 1.49. The summed E-state index contributed by atoms with van der Waals surface area (Å²) in [6.07, 6.45) is 10.1. The SMILES string of the molecule is COc1ccc(C(=C/C=C/C(=O)N[C@H](C)CCCc2ccc(C)nc2)c2ccc(OC)cc2)cc1. The lowest BCUT2D eigenvalue weighted by atomic mass is 9.97. The first-order valence-electron chi connectivity index (χ1n) is 11.9. The minimum atomic E-state index is -0.102. The molecule has 1 amide bonds. The van der Waals surface area contributed by atoms with Crippen LogP contribution in [-0.2, 0) is 11.2 Å². The number of allylic oxidation sites excluding steroid dienone is 2. The number of hydrogen-bond acceptors (Lipinski definition) is 4. The monoisotopic (exact) mass is 470 g/mol. The van der Waals surface area contributed by atoms with E-state index in [0.29, 0.717) is 0 Å². The fourth-order valence-corrected chi connectivity index (χ4v) is 3.75. The van der Waals surface area contributed by atoms with Crippen LogP contribution in [0.5, 0.6) is 11.5 Å². The Morgan fingerprint density at radius 3 is 2.06 bits per heavy atom. The van der Waals surface area contributed by atoms with Gasteiger partial charge in [-0.1, -0.05) is 42.5 Å². The molecule has 0 aliphatic carbocycles. The van der Waals surface area contributed by atoms with Crippen molar-refractivity contribution in [1.29, 1.82) is 0 Å². The first kappa shape index (κ1) is 25.8. The molecule has 1 atom stereocenters. The minimum Gasteiger partial charge on any atom is -0.497 e. The van der Waals surface area contributed by atoms with Gasteiger partial charge in [0.15, 0.2) is 0 Å². The number of pyridine rings is 1. The van der Waals surface area contributed by atoms with Gasteiger partial charge in [0.2, 0.25) is 5.91 Å². The molecule has 0 saturated heterocycles. The number of carbonyl (C=O) groups is 1. The van der Waals surface area contributed by atoms with Crippen molar-refractivity contribution < 1.29 is 14.3 Å². The zero-order valence-electron chi connectivity index (χ0n) is 21.0. The molecular weight excluding hydrogens is 436 g/mol. The molecule has 0 bridgehead atoms. The van der Waals surface area contributed by atoms with Crippen molar-refractivity contribution in [2.45, 2.75) is 39.2 Å². The van der Waals surface area contributed by atoms with Gasteiger partial charge in [0.1, 0.15) is 11.5 Å². The van der Waals surface area contributed by atoms with E-state index >= 15 is 0 Å². The second kappa shape index (κ2) is 13.1. The predicted octanol–water partition coefficient (Wildman–Crippen LogP) is 5.92. The zero-order chi connectivity index (χ0) is 25.0. The summed E-state index contributed by atoms with van der Waals surface area (Å²) in [6, 6.07) is 20.0. The van der Waals surface area contributed by atoms with Crippen LogP contribution in [0.2, 0.25) is 0 Å². The molecule has 35 heavy (non-hydrogen) atoms. The molecule has 5 heteroatoms. The van der Waals surface area contributed by atoms with Gasteiger partial charge in [-0.2, -0.15) is 0 Å². The third-order valence-corrected chi connectivity index (χ3v) is 5.78. The fourth-order valence-electron chi connectivity index (χ4n) is 3.75. The maximum Gasteiger partial charge on any atom is 0.244 e. The van der Waals surface area contributed by atoms with Crippen LogP contribution in [0.4, 0.5) is 0 Å². The highest BCUT2D eigenvalue weighted by Crippen LogP contribution is 2.27.